The molecule has 1 N–H and O–H groups in total. The maximum Gasteiger partial charge on any atom is 0.221 e. The summed E-state index contributed by atoms with van der Waals surface area (Å²) >= 11 is 8.21. The molecule has 0 radical (unpaired) electrons. The highest BCUT2D eigenvalue weighted by atomic mass is 32.1. The van der Waals surface area contributed by atoms with Crippen LogP contribution in [0, 0.1) is 0 Å². The van der Waals surface area contributed by atoms with E-state index in [0.717, 1.165) is 0 Å². The Bertz CT molecular complexity index is 131. The van der Waals surface area contributed by atoms with Crippen molar-refractivity contribution >= 4 is 31.2 Å². The van der Waals surface area contributed by atoms with Gasteiger partial charge in [-0.1, -0.05) is 13.8 Å². The monoisotopic (exact) mass is 193 g/mol. The molecule has 0 aliphatic carbocycles. The van der Waals surface area contributed by atoms with Gasteiger partial charge in [-0.25, -0.2) is 0 Å². The van der Waals surface area contributed by atoms with E-state index in [1.165, 1.54) is 0 Å². The lowest BCUT2D eigenvalue weighted by atomic mass is 10.1. The van der Waals surface area contributed by atoms with Crippen LogP contribution >= 0.6 is 25.3 Å². The first-order chi connectivity index (χ1) is 4.95. The summed E-state index contributed by atoms with van der Waals surface area (Å²) in [4.78, 5) is 11.0. The van der Waals surface area contributed by atoms with Gasteiger partial charge in [0.25, 0.3) is 0 Å². The highest BCUT2D eigenvalue weighted by Crippen LogP contribution is 2.15. The van der Waals surface area contributed by atoms with Crippen LogP contribution in [0.2, 0.25) is 0 Å². The van der Waals surface area contributed by atoms with Gasteiger partial charge in [-0.05, 0) is 0 Å². The molecule has 0 saturated heterocycles. The molecule has 2 nitrogen and oxygen atoms in total. The van der Waals surface area contributed by atoms with E-state index >= 15 is 0 Å². The Balaban J connectivity index is 3.53. The van der Waals surface area contributed by atoms with Gasteiger partial charge < -0.3 is 5.32 Å². The molecule has 0 spiro atoms. The second kappa shape index (κ2) is 4.93. The molecule has 0 bridgehead atoms. The summed E-state index contributed by atoms with van der Waals surface area (Å²) in [5.74, 6) is 0.720. The fourth-order valence-electron chi connectivity index (χ4n) is 0.651. The third-order valence-corrected chi connectivity index (χ3v) is 1.41. The first-order valence-electron chi connectivity index (χ1n) is 3.55. The standard InChI is InChI=1S/C7H15NOS2/c1-7(2,11)5-6(9)8-3-4-10/h10-11H,3-5H2,1-2H3,(H,8,9). The van der Waals surface area contributed by atoms with Crippen molar-refractivity contribution in [2.24, 2.45) is 0 Å². The van der Waals surface area contributed by atoms with Crippen LogP contribution in [0.25, 0.3) is 0 Å². The van der Waals surface area contributed by atoms with Gasteiger partial charge in [-0.2, -0.15) is 25.3 Å². The summed E-state index contributed by atoms with van der Waals surface area (Å²) in [6, 6.07) is 0. The average molecular weight is 193 g/mol. The Morgan fingerprint density at radius 2 is 2.09 bits per heavy atom. The first kappa shape index (κ1) is 11.2. The summed E-state index contributed by atoms with van der Waals surface area (Å²) in [6.07, 6.45) is 0.448. The van der Waals surface area contributed by atoms with E-state index in [9.17, 15) is 4.79 Å². The Labute approximate surface area is 79.0 Å². The summed E-state index contributed by atoms with van der Waals surface area (Å²) in [6.45, 7) is 4.46. The topological polar surface area (TPSA) is 29.1 Å². The van der Waals surface area contributed by atoms with Crippen molar-refractivity contribution < 1.29 is 4.79 Å². The summed E-state index contributed by atoms with van der Waals surface area (Å²) < 4.78 is -0.222. The van der Waals surface area contributed by atoms with Gasteiger partial charge in [0.15, 0.2) is 0 Å². The Morgan fingerprint density at radius 1 is 1.55 bits per heavy atom. The number of carbonyl (C=O) groups excluding carboxylic acids is 1. The fraction of sp³-hybridized carbons (Fsp3) is 0.857. The number of carbonyl (C=O) groups is 1. The number of hydrogen-bond acceptors (Lipinski definition) is 3. The van der Waals surface area contributed by atoms with Crippen molar-refractivity contribution in [3.05, 3.63) is 0 Å². The van der Waals surface area contributed by atoms with Crippen molar-refractivity contribution in [1.29, 1.82) is 0 Å². The number of nitrogens with one attached hydrogen (secondary N) is 1. The normalized spacial score (nSPS) is 11.3. The molecule has 0 heterocycles. The molecule has 0 rings (SSSR count). The predicted octanol–water partition coefficient (Wildman–Crippen LogP) is 1.13. The third-order valence-electron chi connectivity index (χ3n) is 1.03. The van der Waals surface area contributed by atoms with E-state index in [1.807, 2.05) is 13.8 Å². The number of amides is 1. The second-order valence-corrected chi connectivity index (χ2v) is 4.72. The minimum Gasteiger partial charge on any atom is -0.355 e. The zero-order valence-corrected chi connectivity index (χ0v) is 8.71. The van der Waals surface area contributed by atoms with Crippen LogP contribution in [0.15, 0.2) is 0 Å². The summed E-state index contributed by atoms with van der Waals surface area (Å²) in [7, 11) is 0. The quantitative estimate of drug-likeness (QED) is 0.574. The van der Waals surface area contributed by atoms with E-state index in [-0.39, 0.29) is 10.7 Å². The van der Waals surface area contributed by atoms with Crippen LogP contribution in [0.3, 0.4) is 0 Å². The first-order valence-corrected chi connectivity index (χ1v) is 4.63. The molecule has 0 aromatic heterocycles. The molecular weight excluding hydrogens is 178 g/mol. The molecule has 0 aromatic rings. The maximum absolute atomic E-state index is 11.0. The van der Waals surface area contributed by atoms with Gasteiger partial charge in [0.1, 0.15) is 0 Å². The van der Waals surface area contributed by atoms with Gasteiger partial charge in [0, 0.05) is 23.5 Å². The largest absolute Gasteiger partial charge is 0.355 e. The van der Waals surface area contributed by atoms with E-state index in [2.05, 4.69) is 30.6 Å². The molecule has 4 heteroatoms. The molecular formula is C7H15NOS2. The summed E-state index contributed by atoms with van der Waals surface area (Å²) in [5, 5.41) is 2.72. The lowest BCUT2D eigenvalue weighted by Crippen LogP contribution is -2.30. The predicted molar refractivity (Wildman–Crippen MR) is 54.5 cm³/mol. The average Bonchev–Trinajstić information content (AvgIpc) is 1.79. The zero-order chi connectivity index (χ0) is 8.91. The number of rotatable bonds is 4. The minimum absolute atomic E-state index is 0.0408. The van der Waals surface area contributed by atoms with Crippen molar-refractivity contribution in [3.63, 3.8) is 0 Å². The molecule has 0 fully saturated rings. The van der Waals surface area contributed by atoms with Crippen LogP contribution in [-0.2, 0) is 4.79 Å². The third kappa shape index (κ3) is 8.07. The van der Waals surface area contributed by atoms with Gasteiger partial charge in [-0.3, -0.25) is 4.79 Å². The second-order valence-electron chi connectivity index (χ2n) is 3.06. The van der Waals surface area contributed by atoms with E-state index < -0.39 is 0 Å². The number of thiol groups is 2. The van der Waals surface area contributed by atoms with Crippen LogP contribution in [0.5, 0.6) is 0 Å². The van der Waals surface area contributed by atoms with E-state index in [4.69, 9.17) is 0 Å². The zero-order valence-electron chi connectivity index (χ0n) is 6.92. The lowest BCUT2D eigenvalue weighted by Gasteiger charge is -2.15. The molecule has 0 aromatic carbocycles. The summed E-state index contributed by atoms with van der Waals surface area (Å²) in [5.41, 5.74) is 0. The molecule has 0 saturated carbocycles. The van der Waals surface area contributed by atoms with Gasteiger partial charge >= 0.3 is 0 Å². The Hall–Kier alpha value is 0.170. The van der Waals surface area contributed by atoms with E-state index in [0.29, 0.717) is 18.7 Å². The SMILES string of the molecule is CC(C)(S)CC(=O)NCCS. The van der Waals surface area contributed by atoms with Crippen molar-refractivity contribution in [2.45, 2.75) is 25.0 Å². The highest BCUT2D eigenvalue weighted by Gasteiger charge is 2.15. The molecule has 11 heavy (non-hydrogen) atoms. The molecule has 66 valence electrons. The van der Waals surface area contributed by atoms with Crippen molar-refractivity contribution in [2.75, 3.05) is 12.3 Å². The molecule has 0 atom stereocenters. The van der Waals surface area contributed by atoms with Crippen molar-refractivity contribution in [1.82, 2.24) is 5.32 Å². The molecule has 0 unspecified atom stereocenters. The smallest absolute Gasteiger partial charge is 0.221 e. The number of hydrogen-bond donors (Lipinski definition) is 3. The minimum atomic E-state index is -0.222. The molecule has 0 aliphatic heterocycles. The molecule has 0 aliphatic rings. The van der Waals surface area contributed by atoms with Crippen LogP contribution < -0.4 is 5.32 Å². The Kier molecular flexibility index (Phi) is 5.01. The maximum atomic E-state index is 11.0. The van der Waals surface area contributed by atoms with Crippen LogP contribution in [-0.4, -0.2) is 23.0 Å². The fourth-order valence-corrected chi connectivity index (χ4v) is 0.906. The van der Waals surface area contributed by atoms with E-state index in [1.54, 1.807) is 0 Å². The van der Waals surface area contributed by atoms with Gasteiger partial charge in [0.05, 0.1) is 0 Å². The molecule has 1 amide bonds. The van der Waals surface area contributed by atoms with Crippen molar-refractivity contribution in [3.8, 4) is 0 Å². The lowest BCUT2D eigenvalue weighted by molar-refractivity contribution is -0.121. The van der Waals surface area contributed by atoms with Gasteiger partial charge in [0.2, 0.25) is 5.91 Å². The highest BCUT2D eigenvalue weighted by molar-refractivity contribution is 7.81. The van der Waals surface area contributed by atoms with Crippen LogP contribution in [0.4, 0.5) is 0 Å². The van der Waals surface area contributed by atoms with Crippen LogP contribution in [0.1, 0.15) is 20.3 Å². The van der Waals surface area contributed by atoms with Gasteiger partial charge in [-0.15, -0.1) is 0 Å². The Morgan fingerprint density at radius 3 is 2.45 bits per heavy atom.